The summed E-state index contributed by atoms with van der Waals surface area (Å²) < 4.78 is 23.7. The van der Waals surface area contributed by atoms with E-state index >= 15 is 0 Å². The molecule has 1 aliphatic carbocycles. The van der Waals surface area contributed by atoms with Crippen LogP contribution in [0.25, 0.3) is 0 Å². The fourth-order valence-corrected chi connectivity index (χ4v) is 5.49. The second-order valence-electron chi connectivity index (χ2n) is 10.6. The highest BCUT2D eigenvalue weighted by molar-refractivity contribution is 5.79. The van der Waals surface area contributed by atoms with Gasteiger partial charge in [0.1, 0.15) is 5.60 Å². The minimum Gasteiger partial charge on any atom is -0.466 e. The number of likely N-dealkylation sites (tertiary alicyclic amines) is 2. The molecule has 33 heavy (non-hydrogen) atoms. The van der Waals surface area contributed by atoms with E-state index in [1.165, 1.54) is 0 Å². The topological polar surface area (TPSA) is 77.5 Å². The van der Waals surface area contributed by atoms with Gasteiger partial charge in [0.2, 0.25) is 0 Å². The molecule has 2 atom stereocenters. The fourth-order valence-electron chi connectivity index (χ4n) is 5.49. The van der Waals surface area contributed by atoms with Gasteiger partial charge >= 0.3 is 11.9 Å². The van der Waals surface area contributed by atoms with Crippen molar-refractivity contribution in [2.24, 2.45) is 5.92 Å². The van der Waals surface area contributed by atoms with Crippen LogP contribution < -0.4 is 0 Å². The molecule has 3 fully saturated rings. The maximum Gasteiger partial charge on any atom is 0.371 e. The molecule has 8 nitrogen and oxygen atoms in total. The largest absolute Gasteiger partial charge is 0.466 e. The van der Waals surface area contributed by atoms with Gasteiger partial charge in [0.05, 0.1) is 25.2 Å². The van der Waals surface area contributed by atoms with Gasteiger partial charge in [-0.3, -0.25) is 9.69 Å². The summed E-state index contributed by atoms with van der Waals surface area (Å²) in [6, 6.07) is 0.0963. The first kappa shape index (κ1) is 26.4. The SMILES string of the molecule is CCOC(=O)C1CCC(OC(C(=O)OC(C)(C)C)(N2CCCC2)N2CCC[C@H]2COC)CC1. The van der Waals surface area contributed by atoms with Crippen LogP contribution in [-0.2, 0) is 28.5 Å². The van der Waals surface area contributed by atoms with Gasteiger partial charge in [-0.15, -0.1) is 0 Å². The summed E-state index contributed by atoms with van der Waals surface area (Å²) in [7, 11) is 1.71. The molecule has 0 amide bonds. The number of methoxy groups -OCH3 is 1. The average Bonchev–Trinajstić information content (AvgIpc) is 3.44. The molecule has 2 saturated heterocycles. The first-order valence-electron chi connectivity index (χ1n) is 12.8. The van der Waals surface area contributed by atoms with E-state index in [1.807, 2.05) is 27.7 Å². The second kappa shape index (κ2) is 11.5. The summed E-state index contributed by atoms with van der Waals surface area (Å²) in [5, 5.41) is 0. The Morgan fingerprint density at radius 3 is 2.18 bits per heavy atom. The van der Waals surface area contributed by atoms with Crippen molar-refractivity contribution in [2.75, 3.05) is 40.0 Å². The smallest absolute Gasteiger partial charge is 0.371 e. The summed E-state index contributed by atoms with van der Waals surface area (Å²) in [5.74, 6) is -1.79. The van der Waals surface area contributed by atoms with Crippen molar-refractivity contribution in [3.63, 3.8) is 0 Å². The van der Waals surface area contributed by atoms with Crippen LogP contribution in [0, 0.1) is 5.92 Å². The molecular formula is C25H44N2O6. The van der Waals surface area contributed by atoms with Gasteiger partial charge in [0, 0.05) is 32.8 Å². The summed E-state index contributed by atoms with van der Waals surface area (Å²) >= 11 is 0. The zero-order valence-corrected chi connectivity index (χ0v) is 21.3. The second-order valence-corrected chi connectivity index (χ2v) is 10.6. The number of hydrogen-bond donors (Lipinski definition) is 0. The quantitative estimate of drug-likeness (QED) is 0.477. The minimum absolute atomic E-state index is 0.0828. The van der Waals surface area contributed by atoms with Crippen LogP contribution in [0.1, 0.15) is 79.1 Å². The van der Waals surface area contributed by atoms with Crippen LogP contribution in [0.3, 0.4) is 0 Å². The number of ether oxygens (including phenoxy) is 4. The van der Waals surface area contributed by atoms with Gasteiger partial charge in [0.25, 0.3) is 5.85 Å². The molecule has 1 saturated carbocycles. The van der Waals surface area contributed by atoms with Crippen LogP contribution in [0.15, 0.2) is 0 Å². The van der Waals surface area contributed by atoms with Crippen LogP contribution in [-0.4, -0.2) is 85.3 Å². The number of hydrogen-bond acceptors (Lipinski definition) is 8. The Labute approximate surface area is 199 Å². The standard InChI is InChI=1S/C25H44N2O6/c1-6-31-22(28)19-11-13-21(14-12-19)32-25(26-15-7-8-16-26,23(29)33-24(2,3)4)27-17-9-10-20(27)18-30-5/h19-21H,6-18H2,1-5H3/t19?,20-,21?,25?/m0/s1. The predicted molar refractivity (Wildman–Crippen MR) is 124 cm³/mol. The van der Waals surface area contributed by atoms with Gasteiger partial charge in [-0.25, -0.2) is 9.69 Å². The lowest BCUT2D eigenvalue weighted by molar-refractivity contribution is -0.281. The maximum absolute atomic E-state index is 14.0. The third-order valence-electron chi connectivity index (χ3n) is 6.95. The molecule has 190 valence electrons. The van der Waals surface area contributed by atoms with Gasteiger partial charge < -0.3 is 18.9 Å². The molecule has 8 heteroatoms. The van der Waals surface area contributed by atoms with E-state index in [0.717, 1.165) is 71.0 Å². The number of carbonyl (C=O) groups excluding carboxylic acids is 2. The zero-order chi connectivity index (χ0) is 24.1. The van der Waals surface area contributed by atoms with Crippen molar-refractivity contribution in [2.45, 2.75) is 103 Å². The van der Waals surface area contributed by atoms with E-state index in [1.54, 1.807) is 7.11 Å². The van der Waals surface area contributed by atoms with Crippen molar-refractivity contribution in [3.8, 4) is 0 Å². The van der Waals surface area contributed by atoms with Crippen LogP contribution in [0.2, 0.25) is 0 Å². The highest BCUT2D eigenvalue weighted by Crippen LogP contribution is 2.39. The van der Waals surface area contributed by atoms with E-state index in [9.17, 15) is 9.59 Å². The normalized spacial score (nSPS) is 29.1. The van der Waals surface area contributed by atoms with Crippen molar-refractivity contribution >= 4 is 11.9 Å². The molecule has 3 aliphatic rings. The van der Waals surface area contributed by atoms with Crippen LogP contribution in [0.4, 0.5) is 0 Å². The lowest BCUT2D eigenvalue weighted by Gasteiger charge is -2.49. The average molecular weight is 469 g/mol. The number of rotatable bonds is 9. The first-order valence-corrected chi connectivity index (χ1v) is 12.8. The highest BCUT2D eigenvalue weighted by Gasteiger charge is 2.58. The van der Waals surface area contributed by atoms with Crippen molar-refractivity contribution < 1.29 is 28.5 Å². The third kappa shape index (κ3) is 6.27. The number of esters is 2. The van der Waals surface area contributed by atoms with E-state index < -0.39 is 11.4 Å². The van der Waals surface area contributed by atoms with E-state index in [4.69, 9.17) is 18.9 Å². The van der Waals surface area contributed by atoms with E-state index in [-0.39, 0.29) is 30.0 Å². The summed E-state index contributed by atoms with van der Waals surface area (Å²) in [6.07, 6.45) is 6.79. The molecule has 0 aromatic heterocycles. The van der Waals surface area contributed by atoms with Gasteiger partial charge in [0.15, 0.2) is 0 Å². The lowest BCUT2D eigenvalue weighted by Crippen LogP contribution is -2.70. The molecule has 3 rings (SSSR count). The van der Waals surface area contributed by atoms with Crippen LogP contribution in [0.5, 0.6) is 0 Å². The zero-order valence-electron chi connectivity index (χ0n) is 21.3. The van der Waals surface area contributed by atoms with Crippen molar-refractivity contribution in [1.82, 2.24) is 9.80 Å². The molecule has 0 aromatic carbocycles. The molecule has 0 spiro atoms. The molecule has 2 aliphatic heterocycles. The Bertz CT molecular complexity index is 652. The molecule has 0 bridgehead atoms. The summed E-state index contributed by atoms with van der Waals surface area (Å²) in [4.78, 5) is 30.6. The third-order valence-corrected chi connectivity index (χ3v) is 6.95. The predicted octanol–water partition coefficient (Wildman–Crippen LogP) is 3.33. The fraction of sp³-hybridized carbons (Fsp3) is 0.920. The molecule has 0 radical (unpaired) electrons. The Balaban J connectivity index is 1.88. The Hall–Kier alpha value is -1.22. The summed E-state index contributed by atoms with van der Waals surface area (Å²) in [5.41, 5.74) is -0.622. The van der Waals surface area contributed by atoms with Crippen molar-refractivity contribution in [1.29, 1.82) is 0 Å². The number of carbonyl (C=O) groups is 2. The Kier molecular flexibility index (Phi) is 9.17. The molecule has 0 N–H and O–H groups in total. The maximum atomic E-state index is 14.0. The molecule has 1 unspecified atom stereocenters. The van der Waals surface area contributed by atoms with Crippen LogP contribution >= 0.6 is 0 Å². The van der Waals surface area contributed by atoms with E-state index in [0.29, 0.717) is 13.2 Å². The monoisotopic (exact) mass is 468 g/mol. The minimum atomic E-state index is -1.26. The molecule has 2 heterocycles. The first-order chi connectivity index (χ1) is 15.7. The van der Waals surface area contributed by atoms with Crippen molar-refractivity contribution in [3.05, 3.63) is 0 Å². The Morgan fingerprint density at radius 1 is 0.939 bits per heavy atom. The van der Waals surface area contributed by atoms with Gasteiger partial charge in [-0.2, -0.15) is 0 Å². The Morgan fingerprint density at radius 2 is 1.61 bits per heavy atom. The van der Waals surface area contributed by atoms with E-state index in [2.05, 4.69) is 9.80 Å². The molecule has 0 aromatic rings. The summed E-state index contributed by atoms with van der Waals surface area (Å²) in [6.45, 7) is 10.9. The highest BCUT2D eigenvalue weighted by atomic mass is 16.6. The van der Waals surface area contributed by atoms with Gasteiger partial charge in [-0.05, 0) is 79.1 Å². The molecular weight excluding hydrogens is 424 g/mol. The lowest BCUT2D eigenvalue weighted by atomic mass is 9.87. The van der Waals surface area contributed by atoms with Gasteiger partial charge in [-0.1, -0.05) is 0 Å². The number of nitrogens with zero attached hydrogens (tertiary/aromatic N) is 2.